The van der Waals surface area contributed by atoms with Crippen LogP contribution in [0, 0.1) is 0 Å². The first-order valence-electron chi connectivity index (χ1n) is 7.64. The molecule has 0 amide bonds. The van der Waals surface area contributed by atoms with E-state index in [1.54, 1.807) is 19.2 Å². The standard InChI is InChI=1S/C16H23F2N3OS.HI/c1-19-16(21-12-6-7-14(9-12)23-2)20-10-11-4-3-5-13(8-11)22-15(17)18;/h3-5,8,12,14-15H,6-7,9-10H2,1-2H3,(H2,19,20,21);1H. The Morgan fingerprint density at radius 2 is 2.21 bits per heavy atom. The van der Waals surface area contributed by atoms with Gasteiger partial charge in [0.1, 0.15) is 5.75 Å². The second-order valence-electron chi connectivity index (χ2n) is 5.46. The zero-order valence-corrected chi connectivity index (χ0v) is 16.9. The van der Waals surface area contributed by atoms with E-state index >= 15 is 0 Å². The average Bonchev–Trinajstić information content (AvgIpc) is 2.99. The third-order valence-electron chi connectivity index (χ3n) is 3.87. The minimum Gasteiger partial charge on any atom is -0.435 e. The summed E-state index contributed by atoms with van der Waals surface area (Å²) >= 11 is 1.91. The molecule has 0 saturated heterocycles. The van der Waals surface area contributed by atoms with Crippen molar-refractivity contribution in [3.8, 4) is 5.75 Å². The van der Waals surface area contributed by atoms with Gasteiger partial charge in [-0.25, -0.2) is 0 Å². The van der Waals surface area contributed by atoms with Gasteiger partial charge in [0, 0.05) is 24.9 Å². The molecule has 24 heavy (non-hydrogen) atoms. The third kappa shape index (κ3) is 7.00. The molecule has 2 atom stereocenters. The van der Waals surface area contributed by atoms with E-state index in [2.05, 4.69) is 26.6 Å². The van der Waals surface area contributed by atoms with Crippen molar-refractivity contribution in [1.82, 2.24) is 10.6 Å². The maximum atomic E-state index is 12.2. The lowest BCUT2D eigenvalue weighted by Gasteiger charge is -2.17. The largest absolute Gasteiger partial charge is 0.435 e. The van der Waals surface area contributed by atoms with Crippen LogP contribution in [0.25, 0.3) is 0 Å². The summed E-state index contributed by atoms with van der Waals surface area (Å²) in [5.41, 5.74) is 0.861. The SMILES string of the molecule is CN=C(NCc1cccc(OC(F)F)c1)NC1CCC(SC)C1.I. The van der Waals surface area contributed by atoms with Crippen molar-refractivity contribution in [1.29, 1.82) is 0 Å². The molecule has 2 N–H and O–H groups in total. The van der Waals surface area contributed by atoms with E-state index in [0.717, 1.165) is 24.4 Å². The van der Waals surface area contributed by atoms with Gasteiger partial charge in [-0.3, -0.25) is 4.99 Å². The number of hydrogen-bond donors (Lipinski definition) is 2. The minimum absolute atomic E-state index is 0. The number of hydrogen-bond acceptors (Lipinski definition) is 3. The second-order valence-corrected chi connectivity index (χ2v) is 6.60. The van der Waals surface area contributed by atoms with E-state index in [1.165, 1.54) is 12.5 Å². The zero-order chi connectivity index (χ0) is 16.7. The lowest BCUT2D eigenvalue weighted by Crippen LogP contribution is -2.42. The molecule has 0 aliphatic heterocycles. The molecule has 1 fully saturated rings. The maximum absolute atomic E-state index is 12.2. The number of nitrogens with zero attached hydrogens (tertiary/aromatic N) is 1. The summed E-state index contributed by atoms with van der Waals surface area (Å²) in [6.07, 6.45) is 5.65. The molecule has 1 saturated carbocycles. The van der Waals surface area contributed by atoms with Crippen LogP contribution < -0.4 is 15.4 Å². The molecule has 1 aliphatic rings. The number of nitrogens with one attached hydrogen (secondary N) is 2. The molecule has 0 spiro atoms. The fourth-order valence-electron chi connectivity index (χ4n) is 2.69. The van der Waals surface area contributed by atoms with Gasteiger partial charge in [-0.2, -0.15) is 20.5 Å². The Labute approximate surface area is 163 Å². The first-order chi connectivity index (χ1) is 11.1. The van der Waals surface area contributed by atoms with Crippen molar-refractivity contribution in [3.05, 3.63) is 29.8 Å². The Morgan fingerprint density at radius 1 is 1.42 bits per heavy atom. The van der Waals surface area contributed by atoms with Gasteiger partial charge in [-0.05, 0) is 43.2 Å². The first kappa shape index (κ1) is 21.3. The highest BCUT2D eigenvalue weighted by Gasteiger charge is 2.24. The van der Waals surface area contributed by atoms with E-state index in [1.807, 2.05) is 17.8 Å². The summed E-state index contributed by atoms with van der Waals surface area (Å²) in [5.74, 6) is 0.901. The highest BCUT2D eigenvalue weighted by molar-refractivity contribution is 14.0. The highest BCUT2D eigenvalue weighted by Crippen LogP contribution is 2.28. The number of halogens is 3. The number of guanidine groups is 1. The van der Waals surface area contributed by atoms with Crippen LogP contribution in [0.3, 0.4) is 0 Å². The van der Waals surface area contributed by atoms with Crippen molar-refractivity contribution < 1.29 is 13.5 Å². The Bertz CT molecular complexity index is 534. The molecule has 2 rings (SSSR count). The van der Waals surface area contributed by atoms with Crippen LogP contribution >= 0.6 is 35.7 Å². The van der Waals surface area contributed by atoms with Crippen molar-refractivity contribution >= 4 is 41.7 Å². The number of aliphatic imine (C=N–C) groups is 1. The van der Waals surface area contributed by atoms with Gasteiger partial charge in [-0.1, -0.05) is 12.1 Å². The van der Waals surface area contributed by atoms with Gasteiger partial charge in [0.2, 0.25) is 0 Å². The molecule has 0 heterocycles. The van der Waals surface area contributed by atoms with Crippen molar-refractivity contribution in [2.45, 2.75) is 43.7 Å². The van der Waals surface area contributed by atoms with Gasteiger partial charge in [0.25, 0.3) is 0 Å². The smallest absolute Gasteiger partial charge is 0.387 e. The molecular weight excluding hydrogens is 447 g/mol. The van der Waals surface area contributed by atoms with Gasteiger partial charge < -0.3 is 15.4 Å². The molecule has 0 aromatic heterocycles. The Kier molecular flexibility index (Phi) is 9.72. The Hall–Kier alpha value is -0.770. The quantitative estimate of drug-likeness (QED) is 0.376. The third-order valence-corrected chi connectivity index (χ3v) is 4.96. The van der Waals surface area contributed by atoms with E-state index in [0.29, 0.717) is 17.8 Å². The van der Waals surface area contributed by atoms with Crippen LogP contribution in [0.1, 0.15) is 24.8 Å². The predicted molar refractivity (Wildman–Crippen MR) is 107 cm³/mol. The number of ether oxygens (including phenoxy) is 1. The zero-order valence-electron chi connectivity index (χ0n) is 13.8. The van der Waals surface area contributed by atoms with E-state index < -0.39 is 6.61 Å². The molecule has 2 unspecified atom stereocenters. The van der Waals surface area contributed by atoms with E-state index in [-0.39, 0.29) is 29.7 Å². The summed E-state index contributed by atoms with van der Waals surface area (Å²) in [4.78, 5) is 4.22. The fourth-order valence-corrected chi connectivity index (χ4v) is 3.49. The number of benzene rings is 1. The average molecular weight is 471 g/mol. The molecule has 136 valence electrons. The van der Waals surface area contributed by atoms with Crippen LogP contribution in [0.4, 0.5) is 8.78 Å². The topological polar surface area (TPSA) is 45.7 Å². The first-order valence-corrected chi connectivity index (χ1v) is 8.93. The molecule has 1 aliphatic carbocycles. The van der Waals surface area contributed by atoms with E-state index in [4.69, 9.17) is 0 Å². The number of alkyl halides is 2. The van der Waals surface area contributed by atoms with Crippen LogP contribution in [0.5, 0.6) is 5.75 Å². The fraction of sp³-hybridized carbons (Fsp3) is 0.562. The Balaban J connectivity index is 0.00000288. The molecule has 0 bridgehead atoms. The lowest BCUT2D eigenvalue weighted by molar-refractivity contribution is -0.0498. The summed E-state index contributed by atoms with van der Waals surface area (Å²) in [6.45, 7) is -2.31. The van der Waals surface area contributed by atoms with Crippen LogP contribution in [-0.4, -0.2) is 37.2 Å². The normalized spacial score (nSPS) is 20.6. The van der Waals surface area contributed by atoms with Crippen LogP contribution in [0.15, 0.2) is 29.3 Å². The minimum atomic E-state index is -2.81. The lowest BCUT2D eigenvalue weighted by atomic mass is 10.2. The van der Waals surface area contributed by atoms with Crippen LogP contribution in [-0.2, 0) is 6.54 Å². The second kappa shape index (κ2) is 11.0. The molecular formula is C16H24F2IN3OS. The molecule has 4 nitrogen and oxygen atoms in total. The summed E-state index contributed by atoms with van der Waals surface area (Å²) in [6, 6.07) is 7.12. The van der Waals surface area contributed by atoms with Gasteiger partial charge >= 0.3 is 6.61 Å². The monoisotopic (exact) mass is 471 g/mol. The summed E-state index contributed by atoms with van der Waals surface area (Å²) in [5, 5.41) is 7.35. The van der Waals surface area contributed by atoms with Gasteiger partial charge in [-0.15, -0.1) is 24.0 Å². The number of rotatable bonds is 6. The highest BCUT2D eigenvalue weighted by atomic mass is 127. The Morgan fingerprint density at radius 3 is 2.83 bits per heavy atom. The van der Waals surface area contributed by atoms with Crippen molar-refractivity contribution in [2.75, 3.05) is 13.3 Å². The molecule has 0 radical (unpaired) electrons. The van der Waals surface area contributed by atoms with Crippen molar-refractivity contribution in [2.24, 2.45) is 4.99 Å². The maximum Gasteiger partial charge on any atom is 0.387 e. The number of thioether (sulfide) groups is 1. The van der Waals surface area contributed by atoms with Gasteiger partial charge in [0.05, 0.1) is 0 Å². The summed E-state index contributed by atoms with van der Waals surface area (Å²) in [7, 11) is 1.73. The molecule has 1 aromatic rings. The predicted octanol–water partition coefficient (Wildman–Crippen LogP) is 3.86. The van der Waals surface area contributed by atoms with Crippen LogP contribution in [0.2, 0.25) is 0 Å². The molecule has 1 aromatic carbocycles. The van der Waals surface area contributed by atoms with E-state index in [9.17, 15) is 8.78 Å². The molecule has 8 heteroatoms. The van der Waals surface area contributed by atoms with Crippen molar-refractivity contribution in [3.63, 3.8) is 0 Å². The van der Waals surface area contributed by atoms with Gasteiger partial charge in [0.15, 0.2) is 5.96 Å². The summed E-state index contributed by atoms with van der Waals surface area (Å²) < 4.78 is 28.9.